The molecule has 0 saturated carbocycles. The zero-order chi connectivity index (χ0) is 36.9. The monoisotopic (exact) mass is 701 g/mol. The number of nitrogens with zero attached hydrogens (tertiary/aromatic N) is 3. The smallest absolute Gasteiger partial charge is 0.140 e. The fraction of sp³-hybridized carbons (Fsp3) is 0.0385. The van der Waals surface area contributed by atoms with Crippen molar-refractivity contribution < 1.29 is 0 Å². The summed E-state index contributed by atoms with van der Waals surface area (Å²) in [5.74, 6) is 0.947. The van der Waals surface area contributed by atoms with Crippen LogP contribution < -0.4 is 0 Å². The Bertz CT molecular complexity index is 2870. The van der Waals surface area contributed by atoms with Gasteiger partial charge in [0.25, 0.3) is 0 Å². The number of para-hydroxylation sites is 2. The number of aryl methyl sites for hydroxylation is 1. The average Bonchev–Trinajstić information content (AvgIpc) is 3.76. The summed E-state index contributed by atoms with van der Waals surface area (Å²) in [5, 5.41) is 9.59. The molecule has 258 valence electrons. The molecule has 1 aromatic heterocycles. The SMILES string of the molecule is Cn1c(-c2ccc(-c3ccc4c(c3-c3ccc(-c5cccc(C#N)c5)cc3)-c3ccccc3C4(c3ccccc3)c3ccccc3)cc2)nc2ccccc21. The number of rotatable bonds is 6. The van der Waals surface area contributed by atoms with Crippen molar-refractivity contribution in [1.82, 2.24) is 9.55 Å². The van der Waals surface area contributed by atoms with E-state index in [9.17, 15) is 5.26 Å². The maximum Gasteiger partial charge on any atom is 0.140 e. The Hall–Kier alpha value is -7.28. The molecule has 0 unspecified atom stereocenters. The Morgan fingerprint density at radius 3 is 1.80 bits per heavy atom. The highest BCUT2D eigenvalue weighted by atomic mass is 15.1. The van der Waals surface area contributed by atoms with Crippen molar-refractivity contribution in [2.24, 2.45) is 7.05 Å². The fourth-order valence-electron chi connectivity index (χ4n) is 8.87. The summed E-state index contributed by atoms with van der Waals surface area (Å²) in [6.07, 6.45) is 0. The summed E-state index contributed by atoms with van der Waals surface area (Å²) in [6, 6.07) is 71.7. The molecule has 0 spiro atoms. The first kappa shape index (κ1) is 32.4. The molecular formula is C52H35N3. The van der Waals surface area contributed by atoms with Crippen LogP contribution in [0.25, 0.3) is 66.9 Å². The first-order valence-corrected chi connectivity index (χ1v) is 18.7. The lowest BCUT2D eigenvalue weighted by Crippen LogP contribution is -2.28. The predicted molar refractivity (Wildman–Crippen MR) is 224 cm³/mol. The molecule has 0 aliphatic heterocycles. The maximum atomic E-state index is 9.59. The molecule has 0 atom stereocenters. The van der Waals surface area contributed by atoms with Crippen LogP contribution in [0.1, 0.15) is 27.8 Å². The standard InChI is InChI=1S/C52H35N3/c1-55-48-22-11-10-21-47(48)54-51(55)39-29-25-37(26-30-39)43-31-32-46-50(49(43)38-27-23-36(24-28-38)40-14-12-13-35(33-40)34-53)44-19-8-9-20-45(44)52(46,41-15-4-2-5-16-41)42-17-6-3-7-18-42/h2-33H,1H3. The van der Waals surface area contributed by atoms with Crippen molar-refractivity contribution in [2.45, 2.75) is 5.41 Å². The van der Waals surface area contributed by atoms with Crippen molar-refractivity contribution in [3.63, 3.8) is 0 Å². The van der Waals surface area contributed by atoms with Crippen LogP contribution in [-0.4, -0.2) is 9.55 Å². The zero-order valence-corrected chi connectivity index (χ0v) is 30.3. The van der Waals surface area contributed by atoms with Crippen molar-refractivity contribution in [3.8, 4) is 62.0 Å². The van der Waals surface area contributed by atoms with Crippen molar-refractivity contribution in [1.29, 1.82) is 5.26 Å². The van der Waals surface area contributed by atoms with Crippen molar-refractivity contribution in [2.75, 3.05) is 0 Å². The van der Waals surface area contributed by atoms with Crippen molar-refractivity contribution in [3.05, 3.63) is 222 Å². The lowest BCUT2D eigenvalue weighted by Gasteiger charge is -2.34. The molecule has 55 heavy (non-hydrogen) atoms. The molecule has 1 aliphatic carbocycles. The Balaban J connectivity index is 1.22. The summed E-state index contributed by atoms with van der Waals surface area (Å²) < 4.78 is 2.17. The highest BCUT2D eigenvalue weighted by Crippen LogP contribution is 2.59. The van der Waals surface area contributed by atoms with Gasteiger partial charge in [0.15, 0.2) is 0 Å². The van der Waals surface area contributed by atoms with E-state index in [0.29, 0.717) is 5.56 Å². The summed E-state index contributed by atoms with van der Waals surface area (Å²) in [5.41, 5.74) is 17.6. The number of fused-ring (bicyclic) bond motifs is 4. The van der Waals surface area contributed by atoms with Gasteiger partial charge in [-0.3, -0.25) is 0 Å². The first-order valence-electron chi connectivity index (χ1n) is 18.7. The van der Waals surface area contributed by atoms with E-state index in [1.807, 2.05) is 24.3 Å². The van der Waals surface area contributed by atoms with Crippen molar-refractivity contribution >= 4 is 11.0 Å². The molecule has 3 heteroatoms. The Kier molecular flexibility index (Phi) is 7.64. The van der Waals surface area contributed by atoms with E-state index in [1.54, 1.807) is 0 Å². The van der Waals surface area contributed by atoms with Crippen LogP contribution in [0.15, 0.2) is 194 Å². The second-order valence-electron chi connectivity index (χ2n) is 14.3. The van der Waals surface area contributed by atoms with Gasteiger partial charge in [-0.1, -0.05) is 170 Å². The average molecular weight is 702 g/mol. The third kappa shape index (κ3) is 5.07. The zero-order valence-electron chi connectivity index (χ0n) is 30.3. The van der Waals surface area contributed by atoms with E-state index >= 15 is 0 Å². The van der Waals surface area contributed by atoms with Gasteiger partial charge >= 0.3 is 0 Å². The van der Waals surface area contributed by atoms with E-state index in [4.69, 9.17) is 4.98 Å². The normalized spacial score (nSPS) is 12.6. The first-order chi connectivity index (χ1) is 27.1. The second-order valence-corrected chi connectivity index (χ2v) is 14.3. The minimum Gasteiger partial charge on any atom is -0.327 e. The molecule has 1 aliphatic rings. The molecule has 0 bridgehead atoms. The van der Waals surface area contributed by atoms with Crippen LogP contribution in [0.4, 0.5) is 0 Å². The molecule has 9 aromatic rings. The van der Waals surface area contributed by atoms with Gasteiger partial charge in [0.1, 0.15) is 5.82 Å². The number of nitriles is 1. The molecule has 10 rings (SSSR count). The molecule has 3 nitrogen and oxygen atoms in total. The lowest BCUT2D eigenvalue weighted by atomic mass is 9.67. The Morgan fingerprint density at radius 2 is 1.09 bits per heavy atom. The van der Waals surface area contributed by atoms with Crippen LogP contribution in [-0.2, 0) is 12.5 Å². The maximum absolute atomic E-state index is 9.59. The summed E-state index contributed by atoms with van der Waals surface area (Å²) in [7, 11) is 2.08. The van der Waals surface area contributed by atoms with E-state index in [2.05, 4.69) is 188 Å². The van der Waals surface area contributed by atoms with Crippen LogP contribution >= 0.6 is 0 Å². The highest BCUT2D eigenvalue weighted by Gasteiger charge is 2.47. The number of hydrogen-bond acceptors (Lipinski definition) is 2. The molecular weight excluding hydrogens is 667 g/mol. The lowest BCUT2D eigenvalue weighted by molar-refractivity contribution is 0.768. The van der Waals surface area contributed by atoms with Gasteiger partial charge in [-0.25, -0.2) is 4.98 Å². The molecule has 0 N–H and O–H groups in total. The van der Waals surface area contributed by atoms with Gasteiger partial charge < -0.3 is 4.57 Å². The van der Waals surface area contributed by atoms with Gasteiger partial charge in [-0.05, 0) is 91.0 Å². The summed E-state index contributed by atoms with van der Waals surface area (Å²) in [6.45, 7) is 0. The molecule has 0 saturated heterocycles. The van der Waals surface area contributed by atoms with Gasteiger partial charge in [0.2, 0.25) is 0 Å². The molecule has 0 radical (unpaired) electrons. The van der Waals surface area contributed by atoms with Crippen LogP contribution in [0.3, 0.4) is 0 Å². The minimum atomic E-state index is -0.510. The van der Waals surface area contributed by atoms with E-state index < -0.39 is 5.41 Å². The van der Waals surface area contributed by atoms with Crippen LogP contribution in [0.2, 0.25) is 0 Å². The van der Waals surface area contributed by atoms with Gasteiger partial charge in [-0.2, -0.15) is 5.26 Å². The highest BCUT2D eigenvalue weighted by molar-refractivity contribution is 6.02. The number of imidazole rings is 1. The van der Waals surface area contributed by atoms with Gasteiger partial charge in [-0.15, -0.1) is 0 Å². The fourth-order valence-corrected chi connectivity index (χ4v) is 8.87. The minimum absolute atomic E-state index is 0.510. The molecule has 1 heterocycles. The third-order valence-electron chi connectivity index (χ3n) is 11.4. The molecule has 0 amide bonds. The van der Waals surface area contributed by atoms with Gasteiger partial charge in [0.05, 0.1) is 28.1 Å². The Morgan fingerprint density at radius 1 is 0.473 bits per heavy atom. The van der Waals surface area contributed by atoms with Gasteiger partial charge in [0, 0.05) is 12.6 Å². The summed E-state index contributed by atoms with van der Waals surface area (Å²) >= 11 is 0. The third-order valence-corrected chi connectivity index (χ3v) is 11.4. The Labute approximate surface area is 321 Å². The topological polar surface area (TPSA) is 41.6 Å². The second kappa shape index (κ2) is 13.0. The largest absolute Gasteiger partial charge is 0.327 e. The number of hydrogen-bond donors (Lipinski definition) is 0. The molecule has 8 aromatic carbocycles. The summed E-state index contributed by atoms with van der Waals surface area (Å²) in [4.78, 5) is 4.99. The van der Waals surface area contributed by atoms with E-state index in [0.717, 1.165) is 44.7 Å². The van der Waals surface area contributed by atoms with Crippen LogP contribution in [0.5, 0.6) is 0 Å². The van der Waals surface area contributed by atoms with E-state index in [1.165, 1.54) is 44.5 Å². The number of benzene rings is 8. The van der Waals surface area contributed by atoms with E-state index in [-0.39, 0.29) is 0 Å². The molecule has 0 fully saturated rings. The quantitative estimate of drug-likeness (QED) is 0.173. The predicted octanol–water partition coefficient (Wildman–Crippen LogP) is 12.5. The van der Waals surface area contributed by atoms with Crippen LogP contribution in [0, 0.1) is 11.3 Å². The number of aromatic nitrogens is 2.